The average Bonchev–Trinajstić information content (AvgIpc) is 2.61. The van der Waals surface area contributed by atoms with Gasteiger partial charge >= 0.3 is 0 Å². The third kappa shape index (κ3) is 1.85. The molecule has 2 rings (SSSR count). The fourth-order valence-corrected chi connectivity index (χ4v) is 1.64. The number of hydrogen-bond donors (Lipinski definition) is 3. The summed E-state index contributed by atoms with van der Waals surface area (Å²) in [6.45, 7) is 0. The van der Waals surface area contributed by atoms with Crippen molar-refractivity contribution >= 4 is 17.2 Å². The minimum Gasteiger partial charge on any atom is -0.508 e. The molecule has 0 saturated heterocycles. The second kappa shape index (κ2) is 3.74. The Morgan fingerprint density at radius 2 is 2.33 bits per heavy atom. The Morgan fingerprint density at radius 1 is 1.53 bits per heavy atom. The predicted molar refractivity (Wildman–Crippen MR) is 57.7 cm³/mol. The number of aromatic amines is 1. The van der Waals surface area contributed by atoms with E-state index in [2.05, 4.69) is 4.98 Å². The molecule has 0 aliphatic heterocycles. The number of aromatic nitrogens is 1. The first-order valence-corrected chi connectivity index (χ1v) is 4.70. The number of rotatable bonds is 3. The average molecular weight is 204 g/mol. The van der Waals surface area contributed by atoms with Gasteiger partial charge in [0.1, 0.15) is 12.0 Å². The third-order valence-electron chi connectivity index (χ3n) is 2.38. The monoisotopic (exact) mass is 204 g/mol. The minimum atomic E-state index is -0.494. The number of carbonyl (C=O) groups is 1. The Bertz CT molecular complexity index is 490. The van der Waals surface area contributed by atoms with Gasteiger partial charge in [0.25, 0.3) is 0 Å². The van der Waals surface area contributed by atoms with E-state index in [1.165, 1.54) is 0 Å². The summed E-state index contributed by atoms with van der Waals surface area (Å²) in [6, 6.07) is 4.58. The highest BCUT2D eigenvalue weighted by molar-refractivity contribution is 5.85. The Kier molecular flexibility index (Phi) is 2.43. The number of carbonyl (C=O) groups excluding carboxylic acids is 1. The van der Waals surface area contributed by atoms with Gasteiger partial charge in [0, 0.05) is 17.1 Å². The van der Waals surface area contributed by atoms with Gasteiger partial charge in [-0.2, -0.15) is 0 Å². The lowest BCUT2D eigenvalue weighted by Gasteiger charge is -2.02. The van der Waals surface area contributed by atoms with E-state index in [4.69, 9.17) is 5.73 Å². The van der Waals surface area contributed by atoms with Gasteiger partial charge in [0.05, 0.1) is 6.04 Å². The number of aromatic hydroxyl groups is 1. The lowest BCUT2D eigenvalue weighted by molar-refractivity contribution is -0.108. The summed E-state index contributed by atoms with van der Waals surface area (Å²) in [5.41, 5.74) is 7.43. The first kappa shape index (κ1) is 9.73. The molecule has 0 amide bonds. The predicted octanol–water partition coefficient (Wildman–Crippen LogP) is 0.942. The molecule has 0 spiro atoms. The van der Waals surface area contributed by atoms with E-state index in [0.29, 0.717) is 6.42 Å². The molecule has 0 radical (unpaired) electrons. The van der Waals surface area contributed by atoms with E-state index in [0.717, 1.165) is 22.8 Å². The molecule has 1 atom stereocenters. The molecule has 4 heteroatoms. The molecule has 1 unspecified atom stereocenters. The van der Waals surface area contributed by atoms with Crippen molar-refractivity contribution < 1.29 is 9.90 Å². The second-order valence-corrected chi connectivity index (χ2v) is 3.55. The van der Waals surface area contributed by atoms with Gasteiger partial charge in [-0.1, -0.05) is 0 Å². The molecule has 0 saturated carbocycles. The maximum Gasteiger partial charge on any atom is 0.137 e. The smallest absolute Gasteiger partial charge is 0.137 e. The van der Waals surface area contributed by atoms with E-state index < -0.39 is 6.04 Å². The summed E-state index contributed by atoms with van der Waals surface area (Å²) in [5, 5.41) is 10.3. The largest absolute Gasteiger partial charge is 0.508 e. The van der Waals surface area contributed by atoms with Crippen LogP contribution in [0.5, 0.6) is 5.75 Å². The molecule has 0 aliphatic rings. The van der Waals surface area contributed by atoms with Crippen molar-refractivity contribution in [2.75, 3.05) is 0 Å². The van der Waals surface area contributed by atoms with Crippen LogP contribution in [0.4, 0.5) is 0 Å². The van der Waals surface area contributed by atoms with Gasteiger partial charge in [-0.05, 0) is 30.2 Å². The lowest BCUT2D eigenvalue weighted by Crippen LogP contribution is -2.23. The number of phenols is 1. The number of fused-ring (bicyclic) bond motifs is 1. The minimum absolute atomic E-state index is 0.211. The van der Waals surface area contributed by atoms with Crippen molar-refractivity contribution in [1.29, 1.82) is 0 Å². The van der Waals surface area contributed by atoms with Crippen LogP contribution in [0.25, 0.3) is 10.9 Å². The number of benzene rings is 1. The van der Waals surface area contributed by atoms with Crippen molar-refractivity contribution in [1.82, 2.24) is 4.98 Å². The van der Waals surface area contributed by atoms with Crippen molar-refractivity contribution in [3.63, 3.8) is 0 Å². The molecule has 0 fully saturated rings. The molecule has 2 aromatic rings. The quantitative estimate of drug-likeness (QED) is 0.651. The van der Waals surface area contributed by atoms with Crippen LogP contribution in [0.3, 0.4) is 0 Å². The van der Waals surface area contributed by atoms with E-state index in [1.54, 1.807) is 18.2 Å². The zero-order valence-corrected chi connectivity index (χ0v) is 8.10. The molecule has 78 valence electrons. The van der Waals surface area contributed by atoms with Gasteiger partial charge in [-0.15, -0.1) is 0 Å². The molecular weight excluding hydrogens is 192 g/mol. The molecule has 4 nitrogen and oxygen atoms in total. The van der Waals surface area contributed by atoms with E-state index in [1.807, 2.05) is 6.20 Å². The van der Waals surface area contributed by atoms with Crippen LogP contribution in [-0.4, -0.2) is 22.4 Å². The number of nitrogens with two attached hydrogens (primary N) is 1. The first-order chi connectivity index (χ1) is 7.20. The van der Waals surface area contributed by atoms with E-state index in [-0.39, 0.29) is 5.75 Å². The number of hydrogen-bond acceptors (Lipinski definition) is 3. The summed E-state index contributed by atoms with van der Waals surface area (Å²) in [4.78, 5) is 13.5. The molecule has 0 aliphatic carbocycles. The zero-order chi connectivity index (χ0) is 10.8. The number of aldehydes is 1. The van der Waals surface area contributed by atoms with Crippen molar-refractivity contribution in [3.8, 4) is 5.75 Å². The van der Waals surface area contributed by atoms with Crippen molar-refractivity contribution in [2.24, 2.45) is 5.73 Å². The summed E-state index contributed by atoms with van der Waals surface area (Å²) in [7, 11) is 0. The summed E-state index contributed by atoms with van der Waals surface area (Å²) in [6.07, 6.45) is 3.02. The van der Waals surface area contributed by atoms with Crippen LogP contribution in [0, 0.1) is 0 Å². The van der Waals surface area contributed by atoms with Crippen LogP contribution in [0.2, 0.25) is 0 Å². The lowest BCUT2D eigenvalue weighted by atomic mass is 10.1. The highest BCUT2D eigenvalue weighted by Crippen LogP contribution is 2.23. The van der Waals surface area contributed by atoms with Crippen LogP contribution < -0.4 is 5.73 Å². The first-order valence-electron chi connectivity index (χ1n) is 4.70. The topological polar surface area (TPSA) is 79.1 Å². The fraction of sp³-hybridized carbons (Fsp3) is 0.182. The highest BCUT2D eigenvalue weighted by Gasteiger charge is 2.08. The third-order valence-corrected chi connectivity index (χ3v) is 2.38. The molecule has 15 heavy (non-hydrogen) atoms. The van der Waals surface area contributed by atoms with Gasteiger partial charge in [-0.3, -0.25) is 0 Å². The van der Waals surface area contributed by atoms with Crippen molar-refractivity contribution in [3.05, 3.63) is 30.0 Å². The molecule has 1 aromatic heterocycles. The van der Waals surface area contributed by atoms with Gasteiger partial charge in [0.2, 0.25) is 0 Å². The van der Waals surface area contributed by atoms with Gasteiger partial charge < -0.3 is 20.6 Å². The van der Waals surface area contributed by atoms with Gasteiger partial charge in [0.15, 0.2) is 0 Å². The van der Waals surface area contributed by atoms with Crippen molar-refractivity contribution in [2.45, 2.75) is 12.5 Å². The van der Waals surface area contributed by atoms with E-state index in [9.17, 15) is 9.90 Å². The Hall–Kier alpha value is -1.81. The zero-order valence-electron chi connectivity index (χ0n) is 8.10. The standard InChI is InChI=1S/C11H12N2O2/c12-8(6-14)3-7-5-13-11-2-1-9(15)4-10(7)11/h1-2,4-6,8,13,15H,3,12H2. The van der Waals surface area contributed by atoms with Crippen LogP contribution >= 0.6 is 0 Å². The normalized spacial score (nSPS) is 12.9. The summed E-state index contributed by atoms with van der Waals surface area (Å²) >= 11 is 0. The maximum absolute atomic E-state index is 10.4. The highest BCUT2D eigenvalue weighted by atomic mass is 16.3. The van der Waals surface area contributed by atoms with Crippen LogP contribution in [0.1, 0.15) is 5.56 Å². The summed E-state index contributed by atoms with van der Waals surface area (Å²) < 4.78 is 0. The second-order valence-electron chi connectivity index (χ2n) is 3.55. The Balaban J connectivity index is 2.43. The fourth-order valence-electron chi connectivity index (χ4n) is 1.64. The molecular formula is C11H12N2O2. The summed E-state index contributed by atoms with van der Waals surface area (Å²) in [5.74, 6) is 0.211. The Morgan fingerprint density at radius 3 is 3.07 bits per heavy atom. The van der Waals surface area contributed by atoms with E-state index >= 15 is 0 Å². The molecule has 4 N–H and O–H groups in total. The molecule has 0 bridgehead atoms. The Labute approximate surface area is 86.7 Å². The SMILES string of the molecule is NC(C=O)Cc1c[nH]c2ccc(O)cc12. The number of H-pyrrole nitrogens is 1. The molecule has 1 heterocycles. The molecule has 1 aromatic carbocycles. The number of nitrogens with one attached hydrogen (secondary N) is 1. The number of phenolic OH excluding ortho intramolecular Hbond substituents is 1. The maximum atomic E-state index is 10.4. The van der Waals surface area contributed by atoms with Gasteiger partial charge in [-0.25, -0.2) is 0 Å². The van der Waals surface area contributed by atoms with Crippen LogP contribution in [0.15, 0.2) is 24.4 Å². The van der Waals surface area contributed by atoms with Crippen LogP contribution in [-0.2, 0) is 11.2 Å².